The molecule has 1 heterocycles. The lowest BCUT2D eigenvalue weighted by molar-refractivity contribution is -0.130. The number of aryl methyl sites for hydroxylation is 2. The minimum atomic E-state index is -0.577. The Labute approximate surface area is 155 Å². The second-order valence-corrected chi connectivity index (χ2v) is 8.96. The number of aromatic nitrogens is 2. The number of fused-ring (bicyclic) bond motifs is 6. The molecule has 0 unspecified atom stereocenters. The van der Waals surface area contributed by atoms with Gasteiger partial charge in [-0.2, -0.15) is 0 Å². The van der Waals surface area contributed by atoms with Gasteiger partial charge in [-0.05, 0) is 61.8 Å². The predicted octanol–water partition coefficient (Wildman–Crippen LogP) is 4.10. The van der Waals surface area contributed by atoms with Crippen LogP contribution < -0.4 is 5.32 Å². The minimum absolute atomic E-state index is 0.119. The van der Waals surface area contributed by atoms with Crippen molar-refractivity contribution < 1.29 is 4.79 Å². The van der Waals surface area contributed by atoms with E-state index in [4.69, 9.17) is 9.97 Å². The Morgan fingerprint density at radius 2 is 1.62 bits per heavy atom. The Hall–Kier alpha value is -1.97. The van der Waals surface area contributed by atoms with Crippen LogP contribution in [0.25, 0.3) is 11.0 Å². The average molecular weight is 351 g/mol. The van der Waals surface area contributed by atoms with Gasteiger partial charge in [0.1, 0.15) is 0 Å². The van der Waals surface area contributed by atoms with E-state index in [9.17, 15) is 4.79 Å². The van der Waals surface area contributed by atoms with E-state index in [1.807, 2.05) is 0 Å². The lowest BCUT2D eigenvalue weighted by Crippen LogP contribution is -2.51. The normalized spacial score (nSPS) is 28.4. The van der Waals surface area contributed by atoms with Crippen LogP contribution >= 0.6 is 0 Å². The Morgan fingerprint density at radius 1 is 1.04 bits per heavy atom. The van der Waals surface area contributed by atoms with Gasteiger partial charge in [0.15, 0.2) is 0 Å². The summed E-state index contributed by atoms with van der Waals surface area (Å²) in [5.41, 5.74) is 5.35. The van der Waals surface area contributed by atoms with Gasteiger partial charge in [0, 0.05) is 12.0 Å². The topological polar surface area (TPSA) is 54.9 Å². The molecule has 4 heteroatoms. The average Bonchev–Trinajstić information content (AvgIpc) is 2.88. The van der Waals surface area contributed by atoms with E-state index < -0.39 is 5.41 Å². The van der Waals surface area contributed by atoms with Gasteiger partial charge in [-0.25, -0.2) is 9.97 Å². The standard InChI is InChI=1S/C22H29N3O/c1-7-10-23-19(26)22-9-8-21(6,20(22,4)5)17-18(22)25-16-12-14(3)13(2)11-15(16)24-17/h11-12H,7-10H2,1-6H3,(H,23,26)/t21-,22-/m0/s1. The number of rotatable bonds is 3. The zero-order valence-electron chi connectivity index (χ0n) is 16.8. The third-order valence-electron chi connectivity index (χ3n) is 7.58. The second-order valence-electron chi connectivity index (χ2n) is 8.96. The first-order valence-corrected chi connectivity index (χ1v) is 9.77. The third-order valence-corrected chi connectivity index (χ3v) is 7.58. The quantitative estimate of drug-likeness (QED) is 0.906. The first-order valence-electron chi connectivity index (χ1n) is 9.77. The molecule has 2 atom stereocenters. The van der Waals surface area contributed by atoms with Crippen molar-refractivity contribution in [2.75, 3.05) is 6.54 Å². The van der Waals surface area contributed by atoms with Crippen LogP contribution in [0.4, 0.5) is 0 Å². The van der Waals surface area contributed by atoms with E-state index in [1.54, 1.807) is 0 Å². The molecule has 0 saturated heterocycles. The predicted molar refractivity (Wildman–Crippen MR) is 104 cm³/mol. The van der Waals surface area contributed by atoms with E-state index in [2.05, 4.69) is 59.0 Å². The number of hydrogen-bond donors (Lipinski definition) is 1. The molecular formula is C22H29N3O. The lowest BCUT2D eigenvalue weighted by Gasteiger charge is -2.39. The zero-order chi connectivity index (χ0) is 18.9. The molecule has 1 aromatic heterocycles. The molecule has 1 saturated carbocycles. The van der Waals surface area contributed by atoms with Crippen molar-refractivity contribution in [1.29, 1.82) is 0 Å². The molecule has 0 spiro atoms. The number of nitrogens with one attached hydrogen (secondary N) is 1. The first kappa shape index (κ1) is 17.4. The van der Waals surface area contributed by atoms with Crippen LogP contribution in [-0.4, -0.2) is 22.4 Å². The van der Waals surface area contributed by atoms with Crippen molar-refractivity contribution in [2.24, 2.45) is 5.41 Å². The van der Waals surface area contributed by atoms with Crippen molar-refractivity contribution >= 4 is 16.9 Å². The van der Waals surface area contributed by atoms with E-state index >= 15 is 0 Å². The zero-order valence-corrected chi connectivity index (χ0v) is 16.8. The van der Waals surface area contributed by atoms with Crippen molar-refractivity contribution in [3.05, 3.63) is 34.6 Å². The van der Waals surface area contributed by atoms with E-state index in [0.717, 1.165) is 41.7 Å². The number of benzene rings is 1. The fourth-order valence-corrected chi connectivity index (χ4v) is 5.25. The summed E-state index contributed by atoms with van der Waals surface area (Å²) in [5.74, 6) is 0.129. The highest BCUT2D eigenvalue weighted by Gasteiger charge is 2.73. The largest absolute Gasteiger partial charge is 0.355 e. The van der Waals surface area contributed by atoms with Crippen molar-refractivity contribution in [1.82, 2.24) is 15.3 Å². The van der Waals surface area contributed by atoms with Gasteiger partial charge in [0.05, 0.1) is 27.8 Å². The first-order chi connectivity index (χ1) is 12.2. The van der Waals surface area contributed by atoms with E-state index in [1.165, 1.54) is 11.1 Å². The van der Waals surface area contributed by atoms with Crippen LogP contribution in [0, 0.1) is 19.3 Å². The summed E-state index contributed by atoms with van der Waals surface area (Å²) in [4.78, 5) is 23.5. The van der Waals surface area contributed by atoms with E-state index in [0.29, 0.717) is 6.54 Å². The van der Waals surface area contributed by atoms with Gasteiger partial charge >= 0.3 is 0 Å². The SMILES string of the molecule is CCCNC(=O)[C@]12CC[C@@](C)(c3nc4cc(C)c(C)cc4nc31)C2(C)C. The van der Waals surface area contributed by atoms with Crippen LogP contribution in [0.5, 0.6) is 0 Å². The summed E-state index contributed by atoms with van der Waals surface area (Å²) in [7, 11) is 0. The molecule has 1 fully saturated rings. The lowest BCUT2D eigenvalue weighted by atomic mass is 9.63. The van der Waals surface area contributed by atoms with Gasteiger partial charge < -0.3 is 5.32 Å². The highest BCUT2D eigenvalue weighted by molar-refractivity contribution is 5.93. The number of hydrogen-bond acceptors (Lipinski definition) is 3. The van der Waals surface area contributed by atoms with Crippen LogP contribution in [0.15, 0.2) is 12.1 Å². The molecule has 138 valence electrons. The molecule has 2 aromatic rings. The smallest absolute Gasteiger partial charge is 0.232 e. The molecule has 0 radical (unpaired) electrons. The van der Waals surface area contributed by atoms with Crippen LogP contribution in [0.2, 0.25) is 0 Å². The van der Waals surface area contributed by atoms with Gasteiger partial charge in [-0.15, -0.1) is 0 Å². The van der Waals surface area contributed by atoms with Crippen molar-refractivity contribution in [2.45, 2.75) is 71.6 Å². The minimum Gasteiger partial charge on any atom is -0.355 e. The highest BCUT2D eigenvalue weighted by atomic mass is 16.2. The van der Waals surface area contributed by atoms with Gasteiger partial charge in [-0.3, -0.25) is 4.79 Å². The Kier molecular flexibility index (Phi) is 3.54. The van der Waals surface area contributed by atoms with Crippen molar-refractivity contribution in [3.8, 4) is 0 Å². The number of carbonyl (C=O) groups excluding carboxylic acids is 1. The van der Waals surface area contributed by atoms with E-state index in [-0.39, 0.29) is 16.7 Å². The molecular weight excluding hydrogens is 322 g/mol. The fourth-order valence-electron chi connectivity index (χ4n) is 5.25. The van der Waals surface area contributed by atoms with Gasteiger partial charge in [0.25, 0.3) is 0 Å². The van der Waals surface area contributed by atoms with Crippen LogP contribution in [0.3, 0.4) is 0 Å². The number of nitrogens with zero attached hydrogens (tertiary/aromatic N) is 2. The monoisotopic (exact) mass is 351 g/mol. The van der Waals surface area contributed by atoms with Gasteiger partial charge in [-0.1, -0.05) is 27.7 Å². The third kappa shape index (κ3) is 1.83. The van der Waals surface area contributed by atoms with Crippen LogP contribution in [-0.2, 0) is 15.6 Å². The highest BCUT2D eigenvalue weighted by Crippen LogP contribution is 2.70. The molecule has 1 N–H and O–H groups in total. The maximum atomic E-state index is 13.4. The number of amides is 1. The maximum absolute atomic E-state index is 13.4. The summed E-state index contributed by atoms with van der Waals surface area (Å²) in [5, 5.41) is 3.17. The molecule has 1 aromatic carbocycles. The maximum Gasteiger partial charge on any atom is 0.232 e. The summed E-state index contributed by atoms with van der Waals surface area (Å²) in [6, 6.07) is 4.24. The van der Waals surface area contributed by atoms with Crippen molar-refractivity contribution in [3.63, 3.8) is 0 Å². The molecule has 2 aliphatic rings. The second kappa shape index (κ2) is 5.28. The summed E-state index contributed by atoms with van der Waals surface area (Å²) in [6.07, 6.45) is 2.77. The molecule has 1 amide bonds. The number of carbonyl (C=O) groups is 1. The molecule has 2 bridgehead atoms. The molecule has 4 nitrogen and oxygen atoms in total. The summed E-state index contributed by atoms with van der Waals surface area (Å²) in [6.45, 7) is 13.7. The molecule has 4 rings (SSSR count). The Balaban J connectivity index is 2.00. The molecule has 0 aliphatic heterocycles. The Morgan fingerprint density at radius 3 is 2.19 bits per heavy atom. The summed E-state index contributed by atoms with van der Waals surface area (Å²) < 4.78 is 0. The molecule has 2 aliphatic carbocycles. The Bertz CT molecular complexity index is 933. The van der Waals surface area contributed by atoms with Crippen LogP contribution in [0.1, 0.15) is 69.5 Å². The fraction of sp³-hybridized carbons (Fsp3) is 0.591. The summed E-state index contributed by atoms with van der Waals surface area (Å²) >= 11 is 0. The van der Waals surface area contributed by atoms with Gasteiger partial charge in [0.2, 0.25) is 5.91 Å². The molecule has 26 heavy (non-hydrogen) atoms.